The molecule has 1 spiro atoms. The van der Waals surface area contributed by atoms with Gasteiger partial charge in [0.15, 0.2) is 0 Å². The molecule has 2 fully saturated rings. The second-order valence-corrected chi connectivity index (χ2v) is 5.56. The quantitative estimate of drug-likeness (QED) is 0.783. The fraction of sp³-hybridized carbons (Fsp3) is 0.733. The zero-order valence-corrected chi connectivity index (χ0v) is 11.6. The number of nitrogens with one attached hydrogen (secondary N) is 1. The van der Waals surface area contributed by atoms with Gasteiger partial charge in [-0.2, -0.15) is 0 Å². The van der Waals surface area contributed by atoms with E-state index in [1.807, 2.05) is 0 Å². The van der Waals surface area contributed by atoms with Gasteiger partial charge in [0, 0.05) is 13.0 Å². The van der Waals surface area contributed by atoms with Crippen molar-refractivity contribution in [2.75, 3.05) is 6.54 Å². The first-order valence-corrected chi connectivity index (χ1v) is 7.21. The standard InChI is InChI=1S/C15H22N2O2/c1-3-7-12(4-2)17-11-8-13(18)16-15(14(17)19)9-5-6-10-15/h2,12H,3,5-11H2,1H3,(H,16,18). The Hall–Kier alpha value is -1.50. The first kappa shape index (κ1) is 13.9. The fourth-order valence-corrected chi connectivity index (χ4v) is 3.20. The summed E-state index contributed by atoms with van der Waals surface area (Å²) in [7, 11) is 0. The predicted octanol–water partition coefficient (Wildman–Crippen LogP) is 1.45. The number of hydrogen-bond donors (Lipinski definition) is 1. The average molecular weight is 262 g/mol. The molecule has 1 aliphatic heterocycles. The van der Waals surface area contributed by atoms with Crippen LogP contribution in [0, 0.1) is 12.3 Å². The molecule has 1 aliphatic carbocycles. The molecule has 1 heterocycles. The molecule has 1 saturated heterocycles. The normalized spacial score (nSPS) is 23.9. The van der Waals surface area contributed by atoms with Gasteiger partial charge in [0.05, 0.1) is 6.04 Å². The molecule has 4 nitrogen and oxygen atoms in total. The topological polar surface area (TPSA) is 49.4 Å². The van der Waals surface area contributed by atoms with Gasteiger partial charge in [-0.15, -0.1) is 6.42 Å². The SMILES string of the molecule is C#CC(CCC)N1CCC(=O)NC2(CCCC2)C1=O. The first-order chi connectivity index (χ1) is 9.13. The number of nitrogens with zero attached hydrogens (tertiary/aromatic N) is 1. The van der Waals surface area contributed by atoms with Crippen molar-refractivity contribution in [3.05, 3.63) is 0 Å². The van der Waals surface area contributed by atoms with Crippen molar-refractivity contribution < 1.29 is 9.59 Å². The molecule has 2 aliphatic rings. The van der Waals surface area contributed by atoms with Crippen LogP contribution in [0.2, 0.25) is 0 Å². The largest absolute Gasteiger partial charge is 0.342 e. The number of hydrogen-bond acceptors (Lipinski definition) is 2. The molecule has 104 valence electrons. The Morgan fingerprint density at radius 3 is 2.68 bits per heavy atom. The van der Waals surface area contributed by atoms with Crippen LogP contribution in [0.1, 0.15) is 51.9 Å². The molecule has 1 unspecified atom stereocenters. The summed E-state index contributed by atoms with van der Waals surface area (Å²) >= 11 is 0. The Balaban J connectivity index is 2.26. The average Bonchev–Trinajstić information content (AvgIpc) is 2.82. The van der Waals surface area contributed by atoms with Crippen LogP contribution in [0.5, 0.6) is 0 Å². The summed E-state index contributed by atoms with van der Waals surface area (Å²) < 4.78 is 0. The zero-order valence-electron chi connectivity index (χ0n) is 11.6. The van der Waals surface area contributed by atoms with Crippen LogP contribution in [0.3, 0.4) is 0 Å². The van der Waals surface area contributed by atoms with Gasteiger partial charge in [0.2, 0.25) is 11.8 Å². The molecule has 0 aromatic carbocycles. The molecule has 1 atom stereocenters. The molecule has 4 heteroatoms. The molecule has 0 bridgehead atoms. The molecule has 2 amide bonds. The Bertz CT molecular complexity index is 405. The van der Waals surface area contributed by atoms with Crippen molar-refractivity contribution in [3.63, 3.8) is 0 Å². The summed E-state index contributed by atoms with van der Waals surface area (Å²) in [5.41, 5.74) is -0.670. The van der Waals surface area contributed by atoms with E-state index in [2.05, 4.69) is 18.2 Å². The Morgan fingerprint density at radius 2 is 2.11 bits per heavy atom. The molecule has 2 rings (SSSR count). The molecule has 0 radical (unpaired) electrons. The molecule has 19 heavy (non-hydrogen) atoms. The third-order valence-corrected chi connectivity index (χ3v) is 4.22. The lowest BCUT2D eigenvalue weighted by Gasteiger charge is -2.34. The Morgan fingerprint density at radius 1 is 1.42 bits per heavy atom. The molecular weight excluding hydrogens is 240 g/mol. The molecular formula is C15H22N2O2. The van der Waals surface area contributed by atoms with Gasteiger partial charge in [0.1, 0.15) is 5.54 Å². The Kier molecular flexibility index (Phi) is 4.14. The van der Waals surface area contributed by atoms with E-state index in [0.29, 0.717) is 13.0 Å². The van der Waals surface area contributed by atoms with Gasteiger partial charge in [-0.3, -0.25) is 9.59 Å². The summed E-state index contributed by atoms with van der Waals surface area (Å²) in [6, 6.07) is -0.178. The van der Waals surface area contributed by atoms with Gasteiger partial charge in [-0.25, -0.2) is 0 Å². The van der Waals surface area contributed by atoms with E-state index in [1.54, 1.807) is 4.90 Å². The van der Waals surface area contributed by atoms with Gasteiger partial charge >= 0.3 is 0 Å². The summed E-state index contributed by atoms with van der Waals surface area (Å²) in [5, 5.41) is 2.96. The maximum Gasteiger partial charge on any atom is 0.249 e. The van der Waals surface area contributed by atoms with Crippen LogP contribution in [-0.4, -0.2) is 34.8 Å². The molecule has 0 aromatic rings. The van der Waals surface area contributed by atoms with Crippen molar-refractivity contribution >= 4 is 11.8 Å². The molecule has 0 aromatic heterocycles. The second-order valence-electron chi connectivity index (χ2n) is 5.56. The van der Waals surface area contributed by atoms with E-state index in [1.165, 1.54) is 0 Å². The smallest absolute Gasteiger partial charge is 0.249 e. The number of amides is 2. The highest BCUT2D eigenvalue weighted by molar-refractivity contribution is 5.94. The van der Waals surface area contributed by atoms with E-state index >= 15 is 0 Å². The lowest BCUT2D eigenvalue weighted by Crippen LogP contribution is -2.57. The minimum Gasteiger partial charge on any atom is -0.342 e. The van der Waals surface area contributed by atoms with Crippen molar-refractivity contribution in [2.45, 2.75) is 63.5 Å². The van der Waals surface area contributed by atoms with Gasteiger partial charge in [0.25, 0.3) is 0 Å². The number of carbonyl (C=O) groups excluding carboxylic acids is 2. The van der Waals surface area contributed by atoms with Gasteiger partial charge in [-0.05, 0) is 19.3 Å². The monoisotopic (exact) mass is 262 g/mol. The third kappa shape index (κ3) is 2.60. The molecule has 1 N–H and O–H groups in total. The summed E-state index contributed by atoms with van der Waals surface area (Å²) in [4.78, 5) is 26.4. The summed E-state index contributed by atoms with van der Waals surface area (Å²) in [5.74, 6) is 2.73. The van der Waals surface area contributed by atoms with E-state index in [-0.39, 0.29) is 17.9 Å². The highest BCUT2D eigenvalue weighted by Crippen LogP contribution is 2.33. The fourth-order valence-electron chi connectivity index (χ4n) is 3.20. The molecule has 1 saturated carbocycles. The third-order valence-electron chi connectivity index (χ3n) is 4.22. The zero-order chi connectivity index (χ0) is 13.9. The minimum atomic E-state index is -0.670. The maximum atomic E-state index is 12.8. The first-order valence-electron chi connectivity index (χ1n) is 7.21. The van der Waals surface area contributed by atoms with Crippen molar-refractivity contribution in [3.8, 4) is 12.3 Å². The highest BCUT2D eigenvalue weighted by Gasteiger charge is 2.47. The lowest BCUT2D eigenvalue weighted by molar-refractivity contribution is -0.139. The van der Waals surface area contributed by atoms with Gasteiger partial charge in [-0.1, -0.05) is 32.1 Å². The number of rotatable bonds is 3. The van der Waals surface area contributed by atoms with Crippen LogP contribution >= 0.6 is 0 Å². The summed E-state index contributed by atoms with van der Waals surface area (Å²) in [6.07, 6.45) is 11.2. The Labute approximate surface area is 114 Å². The predicted molar refractivity (Wildman–Crippen MR) is 73.2 cm³/mol. The van der Waals surface area contributed by atoms with Crippen molar-refractivity contribution in [1.82, 2.24) is 10.2 Å². The van der Waals surface area contributed by atoms with Crippen LogP contribution < -0.4 is 5.32 Å². The lowest BCUT2D eigenvalue weighted by atomic mass is 9.94. The number of carbonyl (C=O) groups is 2. The van der Waals surface area contributed by atoms with E-state index in [0.717, 1.165) is 38.5 Å². The highest BCUT2D eigenvalue weighted by atomic mass is 16.2. The van der Waals surface area contributed by atoms with Crippen LogP contribution in [-0.2, 0) is 9.59 Å². The van der Waals surface area contributed by atoms with Crippen molar-refractivity contribution in [2.24, 2.45) is 0 Å². The second kappa shape index (κ2) is 5.64. The maximum absolute atomic E-state index is 12.8. The van der Waals surface area contributed by atoms with Crippen molar-refractivity contribution in [1.29, 1.82) is 0 Å². The van der Waals surface area contributed by atoms with Gasteiger partial charge < -0.3 is 10.2 Å². The van der Waals surface area contributed by atoms with Crippen LogP contribution in [0.15, 0.2) is 0 Å². The summed E-state index contributed by atoms with van der Waals surface area (Å²) in [6.45, 7) is 2.50. The van der Waals surface area contributed by atoms with E-state index < -0.39 is 5.54 Å². The van der Waals surface area contributed by atoms with E-state index in [4.69, 9.17) is 6.42 Å². The van der Waals surface area contributed by atoms with Crippen LogP contribution in [0.25, 0.3) is 0 Å². The van der Waals surface area contributed by atoms with E-state index in [9.17, 15) is 9.59 Å². The minimum absolute atomic E-state index is 0.0231. The number of terminal acetylenes is 1. The van der Waals surface area contributed by atoms with Crippen LogP contribution in [0.4, 0.5) is 0 Å².